The van der Waals surface area contributed by atoms with Crippen LogP contribution in [-0.2, 0) is 6.42 Å². The lowest BCUT2D eigenvalue weighted by Gasteiger charge is -2.19. The summed E-state index contributed by atoms with van der Waals surface area (Å²) in [6, 6.07) is 16.7. The highest BCUT2D eigenvalue weighted by Gasteiger charge is 2.15. The van der Waals surface area contributed by atoms with Gasteiger partial charge in [0.25, 0.3) is 0 Å². The van der Waals surface area contributed by atoms with Crippen LogP contribution >= 0.6 is 34.3 Å². The number of para-hydroxylation sites is 1. The topological polar surface area (TPSA) is 12.0 Å². The van der Waals surface area contributed by atoms with Gasteiger partial charge in [0.1, 0.15) is 0 Å². The summed E-state index contributed by atoms with van der Waals surface area (Å²) in [4.78, 5) is 2.71. The van der Waals surface area contributed by atoms with Crippen LogP contribution < -0.4 is 5.32 Å². The maximum atomic E-state index is 6.26. The van der Waals surface area contributed by atoms with Gasteiger partial charge in [-0.1, -0.05) is 35.9 Å². The fourth-order valence-corrected chi connectivity index (χ4v) is 3.83. The molecule has 1 atom stereocenters. The molecule has 0 saturated heterocycles. The van der Waals surface area contributed by atoms with Crippen molar-refractivity contribution in [3.8, 4) is 0 Å². The maximum Gasteiger partial charge on any atom is 0.0655 e. The van der Waals surface area contributed by atoms with Crippen molar-refractivity contribution in [2.75, 3.05) is 5.32 Å². The molecule has 1 N–H and O–H groups in total. The minimum atomic E-state index is 0.258. The van der Waals surface area contributed by atoms with E-state index in [0.29, 0.717) is 0 Å². The maximum absolute atomic E-state index is 6.26. The lowest BCUT2D eigenvalue weighted by Crippen LogP contribution is -2.12. The molecule has 3 rings (SSSR count). The Morgan fingerprint density at radius 1 is 0.950 bits per heavy atom. The summed E-state index contributed by atoms with van der Waals surface area (Å²) in [7, 11) is 0. The van der Waals surface area contributed by atoms with E-state index >= 15 is 0 Å². The first-order valence-electron chi connectivity index (χ1n) is 6.40. The quantitative estimate of drug-likeness (QED) is 0.621. The van der Waals surface area contributed by atoms with E-state index in [0.717, 1.165) is 17.1 Å². The van der Waals surface area contributed by atoms with Crippen molar-refractivity contribution in [2.24, 2.45) is 0 Å². The summed E-state index contributed by atoms with van der Waals surface area (Å²) < 4.78 is 0. The summed E-state index contributed by atoms with van der Waals surface area (Å²) >= 11 is 9.83. The Hall–Kier alpha value is -1.29. The summed E-state index contributed by atoms with van der Waals surface area (Å²) in [5, 5.41) is 8.57. The molecule has 3 aromatic rings. The van der Waals surface area contributed by atoms with E-state index in [1.165, 1.54) is 9.75 Å². The number of nitrogens with one attached hydrogen (secondary N) is 1. The summed E-state index contributed by atoms with van der Waals surface area (Å²) in [6.45, 7) is 0. The zero-order valence-electron chi connectivity index (χ0n) is 10.8. The summed E-state index contributed by atoms with van der Waals surface area (Å²) in [5.41, 5.74) is 0.990. The SMILES string of the molecule is Clc1ccccc1NC(Cc1cccs1)c1cccs1. The molecule has 0 aliphatic rings. The molecule has 0 bridgehead atoms. The van der Waals surface area contributed by atoms with Crippen molar-refractivity contribution in [2.45, 2.75) is 12.5 Å². The van der Waals surface area contributed by atoms with Crippen LogP contribution in [0.25, 0.3) is 0 Å². The number of anilines is 1. The van der Waals surface area contributed by atoms with Crippen LogP contribution in [0.3, 0.4) is 0 Å². The highest BCUT2D eigenvalue weighted by atomic mass is 35.5. The van der Waals surface area contributed by atoms with Gasteiger partial charge in [-0.15, -0.1) is 22.7 Å². The van der Waals surface area contributed by atoms with Crippen molar-refractivity contribution >= 4 is 40.0 Å². The van der Waals surface area contributed by atoms with Crippen molar-refractivity contribution in [1.29, 1.82) is 0 Å². The van der Waals surface area contributed by atoms with Gasteiger partial charge in [-0.25, -0.2) is 0 Å². The molecular formula is C16H14ClNS2. The first-order valence-corrected chi connectivity index (χ1v) is 8.53. The highest BCUT2D eigenvalue weighted by molar-refractivity contribution is 7.10. The van der Waals surface area contributed by atoms with Gasteiger partial charge >= 0.3 is 0 Å². The average molecular weight is 320 g/mol. The Labute approximate surface area is 131 Å². The van der Waals surface area contributed by atoms with Gasteiger partial charge in [0.15, 0.2) is 0 Å². The van der Waals surface area contributed by atoms with Crippen molar-refractivity contribution < 1.29 is 0 Å². The molecule has 1 nitrogen and oxygen atoms in total. The molecule has 0 aliphatic carbocycles. The number of rotatable bonds is 5. The Morgan fingerprint density at radius 2 is 1.75 bits per heavy atom. The van der Waals surface area contributed by atoms with Crippen LogP contribution in [0.1, 0.15) is 15.8 Å². The van der Waals surface area contributed by atoms with Gasteiger partial charge in [0.05, 0.1) is 16.8 Å². The zero-order chi connectivity index (χ0) is 13.8. The standard InChI is InChI=1S/C16H14ClNS2/c17-13-6-1-2-7-14(13)18-15(16-8-4-10-20-16)11-12-5-3-9-19-12/h1-10,15,18H,11H2. The molecule has 1 unspecified atom stereocenters. The largest absolute Gasteiger partial charge is 0.376 e. The van der Waals surface area contributed by atoms with Crippen molar-refractivity contribution in [1.82, 2.24) is 0 Å². The van der Waals surface area contributed by atoms with Gasteiger partial charge in [-0.05, 0) is 35.0 Å². The third-order valence-corrected chi connectivity index (χ3v) is 5.29. The second-order valence-corrected chi connectivity index (χ2v) is 6.89. The Morgan fingerprint density at radius 3 is 2.45 bits per heavy atom. The molecular weight excluding hydrogens is 306 g/mol. The fourth-order valence-electron chi connectivity index (χ4n) is 2.11. The monoisotopic (exact) mass is 319 g/mol. The zero-order valence-corrected chi connectivity index (χ0v) is 13.1. The van der Waals surface area contributed by atoms with E-state index in [2.05, 4.69) is 40.3 Å². The van der Waals surface area contributed by atoms with Crippen LogP contribution in [0.2, 0.25) is 5.02 Å². The van der Waals surface area contributed by atoms with Gasteiger partial charge in [-0.3, -0.25) is 0 Å². The third kappa shape index (κ3) is 3.23. The van der Waals surface area contributed by atoms with Crippen LogP contribution in [-0.4, -0.2) is 0 Å². The highest BCUT2D eigenvalue weighted by Crippen LogP contribution is 2.31. The van der Waals surface area contributed by atoms with E-state index in [1.54, 1.807) is 22.7 Å². The fraction of sp³-hybridized carbons (Fsp3) is 0.125. The van der Waals surface area contributed by atoms with Gasteiger partial charge in [-0.2, -0.15) is 0 Å². The van der Waals surface area contributed by atoms with E-state index in [-0.39, 0.29) is 6.04 Å². The van der Waals surface area contributed by atoms with Crippen LogP contribution in [0.5, 0.6) is 0 Å². The van der Waals surface area contributed by atoms with E-state index in [9.17, 15) is 0 Å². The van der Waals surface area contributed by atoms with Gasteiger partial charge in [0.2, 0.25) is 0 Å². The average Bonchev–Trinajstić information content (AvgIpc) is 3.12. The second kappa shape index (κ2) is 6.44. The lowest BCUT2D eigenvalue weighted by atomic mass is 10.1. The predicted octanol–water partition coefficient (Wildman–Crippen LogP) is 5.86. The molecule has 2 aromatic heterocycles. The molecule has 20 heavy (non-hydrogen) atoms. The Kier molecular flexibility index (Phi) is 4.41. The molecule has 0 radical (unpaired) electrons. The Bertz CT molecular complexity index is 647. The molecule has 0 saturated carbocycles. The van der Waals surface area contributed by atoms with Gasteiger partial charge in [0, 0.05) is 16.2 Å². The number of thiophene rings is 2. The van der Waals surface area contributed by atoms with Crippen molar-refractivity contribution in [3.63, 3.8) is 0 Å². The molecule has 1 aromatic carbocycles. The molecule has 102 valence electrons. The van der Waals surface area contributed by atoms with E-state index in [1.807, 2.05) is 24.3 Å². The third-order valence-electron chi connectivity index (χ3n) is 3.08. The van der Waals surface area contributed by atoms with Crippen LogP contribution in [0.4, 0.5) is 5.69 Å². The smallest absolute Gasteiger partial charge is 0.0655 e. The first-order chi connectivity index (χ1) is 9.83. The molecule has 2 heterocycles. The van der Waals surface area contributed by atoms with Crippen LogP contribution in [0.15, 0.2) is 59.3 Å². The predicted molar refractivity (Wildman–Crippen MR) is 90.2 cm³/mol. The lowest BCUT2D eigenvalue weighted by molar-refractivity contribution is 0.802. The number of halogens is 1. The summed E-state index contributed by atoms with van der Waals surface area (Å²) in [6.07, 6.45) is 0.976. The Balaban J connectivity index is 1.84. The second-order valence-electron chi connectivity index (χ2n) is 4.48. The molecule has 0 amide bonds. The van der Waals surface area contributed by atoms with Crippen molar-refractivity contribution in [3.05, 3.63) is 74.1 Å². The summed E-state index contributed by atoms with van der Waals surface area (Å²) in [5.74, 6) is 0. The minimum absolute atomic E-state index is 0.258. The van der Waals surface area contributed by atoms with E-state index in [4.69, 9.17) is 11.6 Å². The number of hydrogen-bond acceptors (Lipinski definition) is 3. The van der Waals surface area contributed by atoms with E-state index < -0.39 is 0 Å². The number of benzene rings is 1. The number of hydrogen-bond donors (Lipinski definition) is 1. The minimum Gasteiger partial charge on any atom is -0.376 e. The molecule has 0 aliphatic heterocycles. The van der Waals surface area contributed by atoms with Crippen LogP contribution in [0, 0.1) is 0 Å². The molecule has 0 fully saturated rings. The van der Waals surface area contributed by atoms with Gasteiger partial charge < -0.3 is 5.32 Å². The first kappa shape index (κ1) is 13.7. The molecule has 4 heteroatoms. The normalized spacial score (nSPS) is 12.2. The molecule has 0 spiro atoms.